The number of amides is 1. The van der Waals surface area contributed by atoms with Crippen molar-refractivity contribution in [2.24, 2.45) is 5.10 Å². The number of aryl methyl sites for hydroxylation is 1. The van der Waals surface area contributed by atoms with E-state index >= 15 is 0 Å². The molecule has 3 rings (SSSR count). The first-order chi connectivity index (χ1) is 12.6. The molecule has 0 atom stereocenters. The predicted molar refractivity (Wildman–Crippen MR) is 101 cm³/mol. The van der Waals surface area contributed by atoms with Crippen molar-refractivity contribution < 1.29 is 14.3 Å². The SMILES string of the molecule is COc1ccc(C=NNC(=O)c2cc(C)nc3ccccc23)c(OC)c1. The summed E-state index contributed by atoms with van der Waals surface area (Å²) in [5.74, 6) is 0.991. The van der Waals surface area contributed by atoms with Crippen molar-refractivity contribution in [1.29, 1.82) is 0 Å². The van der Waals surface area contributed by atoms with Crippen LogP contribution in [0.1, 0.15) is 21.6 Å². The third kappa shape index (κ3) is 3.64. The molecular weight excluding hydrogens is 330 g/mol. The quantitative estimate of drug-likeness (QED) is 0.566. The summed E-state index contributed by atoms with van der Waals surface area (Å²) in [7, 11) is 3.15. The molecular formula is C20H19N3O3. The highest BCUT2D eigenvalue weighted by Crippen LogP contribution is 2.23. The zero-order chi connectivity index (χ0) is 18.5. The average Bonchev–Trinajstić information content (AvgIpc) is 2.67. The van der Waals surface area contributed by atoms with E-state index in [-0.39, 0.29) is 5.91 Å². The van der Waals surface area contributed by atoms with Gasteiger partial charge in [-0.3, -0.25) is 9.78 Å². The molecule has 0 saturated heterocycles. The van der Waals surface area contributed by atoms with E-state index in [9.17, 15) is 4.79 Å². The number of carbonyl (C=O) groups is 1. The minimum absolute atomic E-state index is 0.296. The van der Waals surface area contributed by atoms with E-state index in [2.05, 4.69) is 15.5 Å². The maximum atomic E-state index is 12.6. The number of carbonyl (C=O) groups excluding carboxylic acids is 1. The maximum Gasteiger partial charge on any atom is 0.272 e. The van der Waals surface area contributed by atoms with E-state index in [1.165, 1.54) is 6.21 Å². The van der Waals surface area contributed by atoms with E-state index < -0.39 is 0 Å². The van der Waals surface area contributed by atoms with Gasteiger partial charge in [0.15, 0.2) is 0 Å². The van der Waals surface area contributed by atoms with Crippen LogP contribution in [0.3, 0.4) is 0 Å². The number of nitrogens with one attached hydrogen (secondary N) is 1. The topological polar surface area (TPSA) is 72.8 Å². The maximum absolute atomic E-state index is 12.6. The molecule has 0 fully saturated rings. The molecule has 0 aliphatic carbocycles. The molecule has 6 nitrogen and oxygen atoms in total. The Morgan fingerprint density at radius 3 is 2.69 bits per heavy atom. The number of aromatic nitrogens is 1. The third-order valence-electron chi connectivity index (χ3n) is 3.90. The monoisotopic (exact) mass is 349 g/mol. The number of rotatable bonds is 5. The van der Waals surface area contributed by atoms with Gasteiger partial charge in [-0.2, -0.15) is 5.10 Å². The van der Waals surface area contributed by atoms with Gasteiger partial charge in [0.1, 0.15) is 11.5 Å². The summed E-state index contributed by atoms with van der Waals surface area (Å²) in [4.78, 5) is 17.0. The number of methoxy groups -OCH3 is 2. The summed E-state index contributed by atoms with van der Waals surface area (Å²) < 4.78 is 10.5. The molecule has 1 aromatic heterocycles. The molecule has 2 aromatic carbocycles. The van der Waals surface area contributed by atoms with E-state index in [4.69, 9.17) is 9.47 Å². The van der Waals surface area contributed by atoms with Crippen molar-refractivity contribution in [1.82, 2.24) is 10.4 Å². The lowest BCUT2D eigenvalue weighted by molar-refractivity contribution is 0.0956. The van der Waals surface area contributed by atoms with Gasteiger partial charge >= 0.3 is 0 Å². The van der Waals surface area contributed by atoms with Crippen molar-refractivity contribution >= 4 is 23.0 Å². The van der Waals surface area contributed by atoms with Crippen LogP contribution in [-0.2, 0) is 0 Å². The lowest BCUT2D eigenvalue weighted by Crippen LogP contribution is -2.18. The predicted octanol–water partition coefficient (Wildman–Crippen LogP) is 3.32. The average molecular weight is 349 g/mol. The Labute approximate surface area is 151 Å². The number of fused-ring (bicyclic) bond motifs is 1. The standard InChI is InChI=1S/C20H19N3O3/c1-13-10-17(16-6-4-5-7-18(16)22-13)20(24)23-21-12-14-8-9-15(25-2)11-19(14)26-3/h4-12H,1-3H3,(H,23,24). The van der Waals surface area contributed by atoms with Crippen molar-refractivity contribution in [3.8, 4) is 11.5 Å². The van der Waals surface area contributed by atoms with Crippen LogP contribution in [0.2, 0.25) is 0 Å². The van der Waals surface area contributed by atoms with Crippen molar-refractivity contribution in [3.63, 3.8) is 0 Å². The van der Waals surface area contributed by atoms with Crippen LogP contribution in [0, 0.1) is 6.92 Å². The van der Waals surface area contributed by atoms with Crippen LogP contribution in [-0.4, -0.2) is 31.3 Å². The molecule has 1 amide bonds. The van der Waals surface area contributed by atoms with Gasteiger partial charge in [-0.1, -0.05) is 18.2 Å². The molecule has 26 heavy (non-hydrogen) atoms. The molecule has 0 saturated carbocycles. The van der Waals surface area contributed by atoms with Gasteiger partial charge in [0, 0.05) is 22.7 Å². The lowest BCUT2D eigenvalue weighted by Gasteiger charge is -2.08. The molecule has 0 radical (unpaired) electrons. The first kappa shape index (κ1) is 17.4. The molecule has 0 unspecified atom stereocenters. The van der Waals surface area contributed by atoms with Gasteiger partial charge in [-0.15, -0.1) is 0 Å². The summed E-state index contributed by atoms with van der Waals surface area (Å²) in [6, 6.07) is 14.6. The first-order valence-corrected chi connectivity index (χ1v) is 8.04. The second kappa shape index (κ2) is 7.65. The fraction of sp³-hybridized carbons (Fsp3) is 0.150. The van der Waals surface area contributed by atoms with E-state index in [0.29, 0.717) is 17.1 Å². The normalized spacial score (nSPS) is 10.9. The lowest BCUT2D eigenvalue weighted by atomic mass is 10.1. The highest BCUT2D eigenvalue weighted by atomic mass is 16.5. The van der Waals surface area contributed by atoms with Gasteiger partial charge in [-0.25, -0.2) is 5.43 Å². The van der Waals surface area contributed by atoms with E-state index in [0.717, 1.165) is 22.2 Å². The number of pyridine rings is 1. The van der Waals surface area contributed by atoms with Crippen molar-refractivity contribution in [2.75, 3.05) is 14.2 Å². The van der Waals surface area contributed by atoms with E-state index in [1.54, 1.807) is 38.5 Å². The number of benzene rings is 2. The first-order valence-electron chi connectivity index (χ1n) is 8.04. The second-order valence-electron chi connectivity index (χ2n) is 5.64. The van der Waals surface area contributed by atoms with Gasteiger partial charge in [0.25, 0.3) is 5.91 Å². The minimum Gasteiger partial charge on any atom is -0.497 e. The zero-order valence-electron chi connectivity index (χ0n) is 14.8. The van der Waals surface area contributed by atoms with Crippen LogP contribution < -0.4 is 14.9 Å². The van der Waals surface area contributed by atoms with Crippen LogP contribution in [0.25, 0.3) is 10.9 Å². The van der Waals surface area contributed by atoms with Gasteiger partial charge in [0.05, 0.1) is 31.5 Å². The van der Waals surface area contributed by atoms with Crippen LogP contribution >= 0.6 is 0 Å². The largest absolute Gasteiger partial charge is 0.497 e. The Hall–Kier alpha value is -3.41. The van der Waals surface area contributed by atoms with Gasteiger partial charge in [0.2, 0.25) is 0 Å². The Bertz CT molecular complexity index is 983. The summed E-state index contributed by atoms with van der Waals surface area (Å²) in [5, 5.41) is 4.84. The Balaban J connectivity index is 1.83. The molecule has 0 bridgehead atoms. The number of ether oxygens (including phenoxy) is 2. The zero-order valence-corrected chi connectivity index (χ0v) is 14.8. The van der Waals surface area contributed by atoms with Crippen molar-refractivity contribution in [2.45, 2.75) is 6.92 Å². The number of nitrogens with zero attached hydrogens (tertiary/aromatic N) is 2. The Morgan fingerprint density at radius 1 is 1.12 bits per heavy atom. The smallest absolute Gasteiger partial charge is 0.272 e. The summed E-state index contributed by atoms with van der Waals surface area (Å²) >= 11 is 0. The van der Waals surface area contributed by atoms with Crippen LogP contribution in [0.5, 0.6) is 11.5 Å². The molecule has 0 aliphatic heterocycles. The molecule has 6 heteroatoms. The molecule has 3 aromatic rings. The minimum atomic E-state index is -0.296. The Kier molecular flexibility index (Phi) is 5.12. The number of hydrogen-bond acceptors (Lipinski definition) is 5. The summed E-state index contributed by atoms with van der Waals surface area (Å²) in [6.45, 7) is 1.86. The Morgan fingerprint density at radius 2 is 1.92 bits per heavy atom. The highest BCUT2D eigenvalue weighted by molar-refractivity contribution is 6.06. The molecule has 0 spiro atoms. The number of hydrogen-bond donors (Lipinski definition) is 1. The summed E-state index contributed by atoms with van der Waals surface area (Å²) in [5.41, 5.74) is 5.37. The molecule has 132 valence electrons. The number of hydrazone groups is 1. The van der Waals surface area contributed by atoms with Gasteiger partial charge < -0.3 is 9.47 Å². The third-order valence-corrected chi connectivity index (χ3v) is 3.90. The van der Waals surface area contributed by atoms with Crippen LogP contribution in [0.4, 0.5) is 0 Å². The number of para-hydroxylation sites is 1. The second-order valence-corrected chi connectivity index (χ2v) is 5.64. The molecule has 0 aliphatic rings. The molecule has 1 heterocycles. The van der Waals surface area contributed by atoms with Crippen molar-refractivity contribution in [3.05, 3.63) is 65.4 Å². The fourth-order valence-corrected chi connectivity index (χ4v) is 2.64. The molecule has 1 N–H and O–H groups in total. The summed E-state index contributed by atoms with van der Waals surface area (Å²) in [6.07, 6.45) is 1.53. The fourth-order valence-electron chi connectivity index (χ4n) is 2.64. The van der Waals surface area contributed by atoms with Gasteiger partial charge in [-0.05, 0) is 31.2 Å². The van der Waals surface area contributed by atoms with E-state index in [1.807, 2.05) is 31.2 Å². The van der Waals surface area contributed by atoms with Crippen LogP contribution in [0.15, 0.2) is 53.6 Å². The highest BCUT2D eigenvalue weighted by Gasteiger charge is 2.11.